The Hall–Kier alpha value is -1.38. The van der Waals surface area contributed by atoms with Crippen molar-refractivity contribution >= 4 is 5.84 Å². The predicted octanol–water partition coefficient (Wildman–Crippen LogP) is 2.22. The molecule has 0 saturated heterocycles. The van der Waals surface area contributed by atoms with Crippen molar-refractivity contribution in [1.29, 1.82) is 5.41 Å². The van der Waals surface area contributed by atoms with Crippen LogP contribution in [0.1, 0.15) is 18.1 Å². The summed E-state index contributed by atoms with van der Waals surface area (Å²) in [6, 6.07) is 4.95. The first-order valence-electron chi connectivity index (χ1n) is 4.13. The lowest BCUT2D eigenvalue weighted by Gasteiger charge is -2.05. The molecule has 1 aromatic carbocycles. The standard InChI is InChI=1S/C10H13FN2/c1-7-5-9(3-4-10(7)11)6-13-8(2)12/h3-5H,6H2,1-2H3,(H2,12,13). The van der Waals surface area contributed by atoms with Gasteiger partial charge in [-0.2, -0.15) is 0 Å². The number of rotatable bonds is 2. The normalized spacial score (nSPS) is 9.77. The van der Waals surface area contributed by atoms with E-state index < -0.39 is 0 Å². The fourth-order valence-electron chi connectivity index (χ4n) is 1.05. The number of benzene rings is 1. The number of nitrogens with one attached hydrogen (secondary N) is 2. The highest BCUT2D eigenvalue weighted by molar-refractivity contribution is 5.75. The summed E-state index contributed by atoms with van der Waals surface area (Å²) in [5.74, 6) is 0.234. The van der Waals surface area contributed by atoms with Gasteiger partial charge >= 0.3 is 0 Å². The van der Waals surface area contributed by atoms with E-state index in [4.69, 9.17) is 5.41 Å². The Bertz CT molecular complexity index is 321. The maximum Gasteiger partial charge on any atom is 0.126 e. The first kappa shape index (κ1) is 9.71. The molecular weight excluding hydrogens is 167 g/mol. The van der Waals surface area contributed by atoms with Crippen LogP contribution in [0.25, 0.3) is 0 Å². The monoisotopic (exact) mass is 180 g/mol. The Morgan fingerprint density at radius 1 is 1.54 bits per heavy atom. The lowest BCUT2D eigenvalue weighted by Crippen LogP contribution is -2.18. The molecule has 0 fully saturated rings. The van der Waals surface area contributed by atoms with Gasteiger partial charge in [-0.3, -0.25) is 5.41 Å². The molecule has 0 saturated carbocycles. The molecule has 0 aliphatic heterocycles. The maximum atomic E-state index is 12.8. The summed E-state index contributed by atoms with van der Waals surface area (Å²) < 4.78 is 12.8. The molecule has 1 aromatic rings. The van der Waals surface area contributed by atoms with Gasteiger partial charge in [0.2, 0.25) is 0 Å². The molecule has 2 N–H and O–H groups in total. The van der Waals surface area contributed by atoms with Gasteiger partial charge < -0.3 is 5.32 Å². The molecular formula is C10H13FN2. The molecule has 0 heterocycles. The molecule has 0 radical (unpaired) electrons. The van der Waals surface area contributed by atoms with Crippen LogP contribution in [0.3, 0.4) is 0 Å². The zero-order chi connectivity index (χ0) is 9.84. The van der Waals surface area contributed by atoms with E-state index in [1.807, 2.05) is 0 Å². The highest BCUT2D eigenvalue weighted by Gasteiger charge is 1.98. The molecule has 70 valence electrons. The quantitative estimate of drug-likeness (QED) is 0.531. The first-order chi connectivity index (χ1) is 6.09. The van der Waals surface area contributed by atoms with Crippen LogP contribution >= 0.6 is 0 Å². The molecule has 0 aliphatic rings. The number of amidine groups is 1. The second kappa shape index (κ2) is 4.03. The van der Waals surface area contributed by atoms with E-state index in [9.17, 15) is 4.39 Å². The summed E-state index contributed by atoms with van der Waals surface area (Å²) in [5, 5.41) is 10.0. The van der Waals surface area contributed by atoms with Gasteiger partial charge in [-0.15, -0.1) is 0 Å². The van der Waals surface area contributed by atoms with E-state index in [2.05, 4.69) is 5.32 Å². The fourth-order valence-corrected chi connectivity index (χ4v) is 1.05. The number of aryl methyl sites for hydroxylation is 1. The first-order valence-corrected chi connectivity index (χ1v) is 4.13. The zero-order valence-electron chi connectivity index (χ0n) is 7.82. The van der Waals surface area contributed by atoms with Crippen molar-refractivity contribution in [2.75, 3.05) is 0 Å². The van der Waals surface area contributed by atoms with E-state index in [1.165, 1.54) is 6.07 Å². The molecule has 0 aliphatic carbocycles. The summed E-state index contributed by atoms with van der Waals surface area (Å²) in [6.07, 6.45) is 0. The molecule has 13 heavy (non-hydrogen) atoms. The van der Waals surface area contributed by atoms with Gasteiger partial charge in [-0.05, 0) is 31.0 Å². The predicted molar refractivity (Wildman–Crippen MR) is 51.4 cm³/mol. The molecule has 0 aromatic heterocycles. The SMILES string of the molecule is CC(=N)NCc1ccc(F)c(C)c1. The average Bonchev–Trinajstić information content (AvgIpc) is 2.07. The van der Waals surface area contributed by atoms with Crippen LogP contribution < -0.4 is 5.32 Å². The average molecular weight is 180 g/mol. The van der Waals surface area contributed by atoms with E-state index in [0.29, 0.717) is 17.9 Å². The van der Waals surface area contributed by atoms with Crippen LogP contribution in [0.4, 0.5) is 4.39 Å². The Morgan fingerprint density at radius 2 is 2.23 bits per heavy atom. The lowest BCUT2D eigenvalue weighted by atomic mass is 10.1. The molecule has 0 spiro atoms. The third-order valence-corrected chi connectivity index (χ3v) is 1.78. The third-order valence-electron chi connectivity index (χ3n) is 1.78. The molecule has 3 heteroatoms. The molecule has 0 atom stereocenters. The van der Waals surface area contributed by atoms with Crippen LogP contribution in [0, 0.1) is 18.2 Å². The van der Waals surface area contributed by atoms with Gasteiger partial charge in [-0.1, -0.05) is 12.1 Å². The second-order valence-corrected chi connectivity index (χ2v) is 3.06. The van der Waals surface area contributed by atoms with Crippen molar-refractivity contribution in [3.8, 4) is 0 Å². The zero-order valence-corrected chi connectivity index (χ0v) is 7.82. The van der Waals surface area contributed by atoms with E-state index >= 15 is 0 Å². The number of halogens is 1. The molecule has 0 amide bonds. The largest absolute Gasteiger partial charge is 0.370 e. The van der Waals surface area contributed by atoms with Crippen LogP contribution in [0.2, 0.25) is 0 Å². The van der Waals surface area contributed by atoms with Crippen molar-refractivity contribution in [2.24, 2.45) is 0 Å². The van der Waals surface area contributed by atoms with Gasteiger partial charge in [0.25, 0.3) is 0 Å². The number of hydrogen-bond acceptors (Lipinski definition) is 1. The minimum absolute atomic E-state index is 0.185. The van der Waals surface area contributed by atoms with Gasteiger partial charge in [0.1, 0.15) is 5.82 Å². The number of hydrogen-bond donors (Lipinski definition) is 2. The summed E-state index contributed by atoms with van der Waals surface area (Å²) in [6.45, 7) is 3.99. The third kappa shape index (κ3) is 2.86. The van der Waals surface area contributed by atoms with E-state index in [-0.39, 0.29) is 5.82 Å². The van der Waals surface area contributed by atoms with Gasteiger partial charge in [-0.25, -0.2) is 4.39 Å². The van der Waals surface area contributed by atoms with E-state index in [1.54, 1.807) is 26.0 Å². The van der Waals surface area contributed by atoms with Crippen LogP contribution in [-0.4, -0.2) is 5.84 Å². The lowest BCUT2D eigenvalue weighted by molar-refractivity contribution is 0.617. The Kier molecular flexibility index (Phi) is 3.01. The Morgan fingerprint density at radius 3 is 2.77 bits per heavy atom. The minimum Gasteiger partial charge on any atom is -0.370 e. The summed E-state index contributed by atoms with van der Waals surface area (Å²) in [7, 11) is 0. The van der Waals surface area contributed by atoms with Gasteiger partial charge in [0, 0.05) is 6.54 Å². The molecule has 0 unspecified atom stereocenters. The molecule has 1 rings (SSSR count). The Balaban J connectivity index is 2.68. The van der Waals surface area contributed by atoms with Crippen molar-refractivity contribution in [1.82, 2.24) is 5.32 Å². The summed E-state index contributed by atoms with van der Waals surface area (Å²) in [5.41, 5.74) is 1.63. The van der Waals surface area contributed by atoms with Crippen molar-refractivity contribution in [3.63, 3.8) is 0 Å². The van der Waals surface area contributed by atoms with Crippen LogP contribution in [-0.2, 0) is 6.54 Å². The highest BCUT2D eigenvalue weighted by atomic mass is 19.1. The smallest absolute Gasteiger partial charge is 0.126 e. The summed E-state index contributed by atoms with van der Waals surface area (Å²) >= 11 is 0. The second-order valence-electron chi connectivity index (χ2n) is 3.06. The Labute approximate surface area is 77.3 Å². The van der Waals surface area contributed by atoms with Crippen LogP contribution in [0.15, 0.2) is 18.2 Å². The van der Waals surface area contributed by atoms with Gasteiger partial charge in [0.05, 0.1) is 5.84 Å². The summed E-state index contributed by atoms with van der Waals surface area (Å²) in [4.78, 5) is 0. The van der Waals surface area contributed by atoms with Crippen LogP contribution in [0.5, 0.6) is 0 Å². The molecule has 0 bridgehead atoms. The highest BCUT2D eigenvalue weighted by Crippen LogP contribution is 2.08. The fraction of sp³-hybridized carbons (Fsp3) is 0.300. The topological polar surface area (TPSA) is 35.9 Å². The maximum absolute atomic E-state index is 12.8. The van der Waals surface area contributed by atoms with Gasteiger partial charge in [0.15, 0.2) is 0 Å². The molecule has 2 nitrogen and oxygen atoms in total. The van der Waals surface area contributed by atoms with Crippen molar-refractivity contribution in [2.45, 2.75) is 20.4 Å². The van der Waals surface area contributed by atoms with Crippen molar-refractivity contribution < 1.29 is 4.39 Å². The minimum atomic E-state index is -0.185. The van der Waals surface area contributed by atoms with E-state index in [0.717, 1.165) is 5.56 Å². The van der Waals surface area contributed by atoms with Crippen molar-refractivity contribution in [3.05, 3.63) is 35.1 Å².